The zero-order valence-electron chi connectivity index (χ0n) is 12.7. The fraction of sp³-hybridized carbons (Fsp3) is 0.111. The van der Waals surface area contributed by atoms with E-state index < -0.39 is 0 Å². The van der Waals surface area contributed by atoms with Crippen LogP contribution in [-0.4, -0.2) is 16.2 Å². The summed E-state index contributed by atoms with van der Waals surface area (Å²) in [6.45, 7) is 1.98. The number of aromatic nitrogens is 2. The second-order valence-corrected chi connectivity index (χ2v) is 6.54. The van der Waals surface area contributed by atoms with Gasteiger partial charge in [-0.3, -0.25) is 4.98 Å². The zero-order valence-corrected chi connectivity index (χ0v) is 15.2. The van der Waals surface area contributed by atoms with Crippen molar-refractivity contribution in [2.24, 2.45) is 0 Å². The number of rotatable bonds is 2. The number of nitrogens with zero attached hydrogens (tertiary/aromatic N) is 2. The Kier molecular flexibility index (Phi) is 6.23. The van der Waals surface area contributed by atoms with Gasteiger partial charge in [0.15, 0.2) is 0 Å². The van der Waals surface area contributed by atoms with E-state index >= 15 is 0 Å². The van der Waals surface area contributed by atoms with Crippen LogP contribution in [0, 0.1) is 18.8 Å². The second-order valence-electron chi connectivity index (χ2n) is 4.63. The average Bonchev–Trinajstić information content (AvgIpc) is 2.99. The predicted octanol–water partition coefficient (Wildman–Crippen LogP) is 5.06. The van der Waals surface area contributed by atoms with E-state index in [9.17, 15) is 0 Å². The molecule has 0 aliphatic carbocycles. The first-order chi connectivity index (χ1) is 10.8. The Labute approximate surface area is 150 Å². The number of thioether (sulfide) groups is 1. The van der Waals surface area contributed by atoms with Gasteiger partial charge < -0.3 is 0 Å². The van der Waals surface area contributed by atoms with Crippen LogP contribution in [0.2, 0.25) is 0 Å². The highest BCUT2D eigenvalue weighted by atomic mass is 35.5. The summed E-state index contributed by atoms with van der Waals surface area (Å²) in [7, 11) is 0. The molecular formula is C18H15ClN2S2. The molecule has 0 aliphatic heterocycles. The molecule has 5 heteroatoms. The first kappa shape index (κ1) is 17.6. The molecular weight excluding hydrogens is 344 g/mol. The van der Waals surface area contributed by atoms with Gasteiger partial charge >= 0.3 is 0 Å². The second kappa shape index (κ2) is 8.16. The van der Waals surface area contributed by atoms with Crippen LogP contribution in [0.3, 0.4) is 0 Å². The van der Waals surface area contributed by atoms with Crippen LogP contribution in [0.25, 0.3) is 11.3 Å². The van der Waals surface area contributed by atoms with Crippen LogP contribution in [0.5, 0.6) is 0 Å². The molecule has 0 bridgehead atoms. The monoisotopic (exact) mass is 358 g/mol. The van der Waals surface area contributed by atoms with E-state index in [-0.39, 0.29) is 12.4 Å². The zero-order chi connectivity index (χ0) is 15.4. The lowest BCUT2D eigenvalue weighted by molar-refractivity contribution is 1.27. The minimum Gasteiger partial charge on any atom is -0.255 e. The highest BCUT2D eigenvalue weighted by Gasteiger charge is 2.04. The van der Waals surface area contributed by atoms with Crippen LogP contribution >= 0.6 is 35.5 Å². The van der Waals surface area contributed by atoms with Gasteiger partial charge in [-0.25, -0.2) is 4.98 Å². The Morgan fingerprint density at radius 3 is 2.57 bits per heavy atom. The van der Waals surface area contributed by atoms with Crippen molar-refractivity contribution in [3.63, 3.8) is 0 Å². The largest absolute Gasteiger partial charge is 0.255 e. The fourth-order valence-corrected chi connectivity index (χ4v) is 3.19. The normalized spacial score (nSPS) is 9.65. The van der Waals surface area contributed by atoms with Crippen LogP contribution in [0.15, 0.2) is 52.9 Å². The molecule has 2 heterocycles. The Hall–Kier alpha value is -1.80. The lowest BCUT2D eigenvalue weighted by Gasteiger charge is -2.06. The molecule has 2 aromatic heterocycles. The van der Waals surface area contributed by atoms with Crippen molar-refractivity contribution >= 4 is 35.5 Å². The van der Waals surface area contributed by atoms with E-state index in [0.717, 1.165) is 27.5 Å². The van der Waals surface area contributed by atoms with Crippen LogP contribution in [0.4, 0.5) is 0 Å². The van der Waals surface area contributed by atoms with Crippen LogP contribution in [-0.2, 0) is 0 Å². The first-order valence-electron chi connectivity index (χ1n) is 6.80. The molecule has 1 aromatic carbocycles. The van der Waals surface area contributed by atoms with Gasteiger partial charge in [0.2, 0.25) is 0 Å². The standard InChI is InChI=1S/C18H14N2S2.ClH/c1-13-20-15(12-22-13)9-7-14-8-10-17(19-11-14)16-5-3-4-6-18(16)21-2;/h3-6,8,10-12H,1-2H3;1H. The Balaban J connectivity index is 0.00000192. The van der Waals surface area contributed by atoms with Crippen molar-refractivity contribution in [2.75, 3.05) is 6.26 Å². The molecule has 0 atom stereocenters. The van der Waals surface area contributed by atoms with Crippen molar-refractivity contribution in [3.8, 4) is 23.1 Å². The van der Waals surface area contributed by atoms with E-state index in [1.807, 2.05) is 42.8 Å². The summed E-state index contributed by atoms with van der Waals surface area (Å²) in [6.07, 6.45) is 3.90. The van der Waals surface area contributed by atoms with Gasteiger partial charge in [-0.15, -0.1) is 35.5 Å². The number of benzene rings is 1. The minimum absolute atomic E-state index is 0. The van der Waals surface area contributed by atoms with Crippen molar-refractivity contribution in [1.82, 2.24) is 9.97 Å². The summed E-state index contributed by atoms with van der Waals surface area (Å²) in [5.41, 5.74) is 3.85. The highest BCUT2D eigenvalue weighted by Crippen LogP contribution is 2.28. The van der Waals surface area contributed by atoms with E-state index in [0.29, 0.717) is 0 Å². The molecule has 0 aliphatic rings. The number of pyridine rings is 1. The lowest BCUT2D eigenvalue weighted by atomic mass is 10.1. The molecule has 3 aromatic rings. The van der Waals surface area contributed by atoms with Gasteiger partial charge in [-0.1, -0.05) is 24.1 Å². The van der Waals surface area contributed by atoms with Crippen LogP contribution < -0.4 is 0 Å². The number of thiazole rings is 1. The molecule has 2 nitrogen and oxygen atoms in total. The molecule has 0 unspecified atom stereocenters. The van der Waals surface area contributed by atoms with E-state index in [1.165, 1.54) is 4.90 Å². The molecule has 0 N–H and O–H groups in total. The van der Waals surface area contributed by atoms with Gasteiger partial charge in [-0.2, -0.15) is 0 Å². The fourth-order valence-electron chi connectivity index (χ4n) is 2.04. The molecule has 116 valence electrons. The summed E-state index contributed by atoms with van der Waals surface area (Å²) in [6, 6.07) is 12.3. The Bertz CT molecular complexity index is 845. The summed E-state index contributed by atoms with van der Waals surface area (Å²) >= 11 is 3.34. The maximum absolute atomic E-state index is 4.54. The number of aryl methyl sites for hydroxylation is 1. The summed E-state index contributed by atoms with van der Waals surface area (Å²) in [5.74, 6) is 6.18. The van der Waals surface area contributed by atoms with Gasteiger partial charge in [-0.05, 0) is 37.3 Å². The highest BCUT2D eigenvalue weighted by molar-refractivity contribution is 7.98. The Morgan fingerprint density at radius 1 is 1.09 bits per heavy atom. The molecule has 0 radical (unpaired) electrons. The van der Waals surface area contributed by atoms with Gasteiger partial charge in [0.25, 0.3) is 0 Å². The van der Waals surface area contributed by atoms with Crippen LogP contribution in [0.1, 0.15) is 16.3 Å². The lowest BCUT2D eigenvalue weighted by Crippen LogP contribution is -1.87. The van der Waals surface area contributed by atoms with Crippen molar-refractivity contribution in [2.45, 2.75) is 11.8 Å². The van der Waals surface area contributed by atoms with Gasteiger partial charge in [0.05, 0.1) is 10.7 Å². The third-order valence-corrected chi connectivity index (χ3v) is 4.67. The van der Waals surface area contributed by atoms with E-state index in [2.05, 4.69) is 40.2 Å². The van der Waals surface area contributed by atoms with E-state index in [1.54, 1.807) is 23.1 Å². The molecule has 0 spiro atoms. The third-order valence-electron chi connectivity index (χ3n) is 3.10. The first-order valence-corrected chi connectivity index (χ1v) is 8.90. The van der Waals surface area contributed by atoms with Gasteiger partial charge in [0.1, 0.15) is 5.69 Å². The molecule has 3 rings (SSSR count). The smallest absolute Gasteiger partial charge is 0.124 e. The minimum atomic E-state index is 0. The quantitative estimate of drug-likeness (QED) is 0.473. The summed E-state index contributed by atoms with van der Waals surface area (Å²) in [5, 5.41) is 3.00. The van der Waals surface area contributed by atoms with E-state index in [4.69, 9.17) is 0 Å². The summed E-state index contributed by atoms with van der Waals surface area (Å²) < 4.78 is 0. The molecule has 0 saturated heterocycles. The topological polar surface area (TPSA) is 25.8 Å². The SMILES string of the molecule is CSc1ccccc1-c1ccc(C#Cc2csc(C)n2)cn1.Cl. The van der Waals surface area contributed by atoms with Crippen molar-refractivity contribution in [3.05, 3.63) is 64.2 Å². The maximum atomic E-state index is 4.54. The van der Waals surface area contributed by atoms with Gasteiger partial charge in [0, 0.05) is 27.6 Å². The Morgan fingerprint density at radius 2 is 1.91 bits per heavy atom. The molecule has 23 heavy (non-hydrogen) atoms. The van der Waals surface area contributed by atoms with Crippen molar-refractivity contribution < 1.29 is 0 Å². The number of hydrogen-bond acceptors (Lipinski definition) is 4. The summed E-state index contributed by atoms with van der Waals surface area (Å²) in [4.78, 5) is 10.1. The number of hydrogen-bond donors (Lipinski definition) is 0. The molecule has 0 saturated carbocycles. The molecule has 0 amide bonds. The average molecular weight is 359 g/mol. The third kappa shape index (κ3) is 4.35. The molecule has 0 fully saturated rings. The number of halogens is 1. The van der Waals surface area contributed by atoms with Crippen molar-refractivity contribution in [1.29, 1.82) is 0 Å². The maximum Gasteiger partial charge on any atom is 0.124 e. The predicted molar refractivity (Wildman–Crippen MR) is 102 cm³/mol.